The molecular weight excluding hydrogens is 985 g/mol. The van der Waals surface area contributed by atoms with Crippen LogP contribution in [0, 0.1) is 0 Å². The number of esters is 3. The third-order valence-corrected chi connectivity index (χ3v) is 13.3. The van der Waals surface area contributed by atoms with E-state index in [1.165, 1.54) is 83.5 Å². The van der Waals surface area contributed by atoms with E-state index in [0.717, 1.165) is 141 Å². The van der Waals surface area contributed by atoms with Crippen molar-refractivity contribution in [2.75, 3.05) is 13.2 Å². The largest absolute Gasteiger partial charge is 0.462 e. The van der Waals surface area contributed by atoms with Crippen LogP contribution in [0.3, 0.4) is 0 Å². The maximum atomic E-state index is 12.9. The lowest BCUT2D eigenvalue weighted by molar-refractivity contribution is -0.167. The Morgan fingerprint density at radius 2 is 0.487 bits per heavy atom. The van der Waals surface area contributed by atoms with E-state index < -0.39 is 6.10 Å². The second-order valence-electron chi connectivity index (χ2n) is 20.9. The molecule has 0 bridgehead atoms. The zero-order chi connectivity index (χ0) is 57.8. The van der Waals surface area contributed by atoms with Crippen molar-refractivity contribution in [2.45, 2.75) is 277 Å². The number of rotatable bonds is 57. The van der Waals surface area contributed by atoms with Crippen LogP contribution in [0.5, 0.6) is 0 Å². The zero-order valence-electron chi connectivity index (χ0n) is 51.5. The molecule has 0 aliphatic carbocycles. The number of carbonyl (C=O) groups is 3. The van der Waals surface area contributed by atoms with Crippen LogP contribution in [0.1, 0.15) is 271 Å². The van der Waals surface area contributed by atoms with Crippen molar-refractivity contribution >= 4 is 17.9 Å². The van der Waals surface area contributed by atoms with Gasteiger partial charge < -0.3 is 14.2 Å². The lowest BCUT2D eigenvalue weighted by Gasteiger charge is -2.18. The molecule has 80 heavy (non-hydrogen) atoms. The van der Waals surface area contributed by atoms with Gasteiger partial charge in [-0.05, 0) is 128 Å². The number of allylic oxidation sites excluding steroid dienone is 26. The smallest absolute Gasteiger partial charge is 0.306 e. The number of hydrogen-bond donors (Lipinski definition) is 0. The molecule has 450 valence electrons. The van der Waals surface area contributed by atoms with E-state index in [9.17, 15) is 14.4 Å². The minimum Gasteiger partial charge on any atom is -0.462 e. The Balaban J connectivity index is 4.39. The van der Waals surface area contributed by atoms with Crippen molar-refractivity contribution in [3.8, 4) is 0 Å². The highest BCUT2D eigenvalue weighted by Gasteiger charge is 2.19. The minimum atomic E-state index is -0.806. The van der Waals surface area contributed by atoms with E-state index in [1.54, 1.807) is 0 Å². The number of unbranched alkanes of at least 4 members (excludes halogenated alkanes) is 20. The fourth-order valence-electron chi connectivity index (χ4n) is 8.48. The molecular formula is C74H118O6. The van der Waals surface area contributed by atoms with Crippen LogP contribution in [0.15, 0.2) is 158 Å². The Morgan fingerprint density at radius 3 is 0.787 bits per heavy atom. The second-order valence-corrected chi connectivity index (χ2v) is 20.9. The Labute approximate surface area is 492 Å². The van der Waals surface area contributed by atoms with Gasteiger partial charge in [-0.15, -0.1) is 0 Å². The van der Waals surface area contributed by atoms with E-state index in [-0.39, 0.29) is 31.1 Å². The van der Waals surface area contributed by atoms with Crippen LogP contribution in [0.25, 0.3) is 0 Å². The summed E-state index contributed by atoms with van der Waals surface area (Å²) in [5, 5.41) is 0. The standard InChI is InChI=1S/C74H118O6/c1-4-7-10-13-16-19-22-24-26-28-30-32-34-36-37-39-40-42-44-46-48-50-52-55-58-61-64-67-73(76)79-70-71(69-78-72(75)66-63-60-57-54-21-18-15-12-9-6-3)80-74(77)68-65-62-59-56-53-51-49-47-45-43-41-38-35-33-31-29-27-25-23-20-17-14-11-8-5-2/h7-8,10-11,16-17,19-20,24-27,30-33,36-38,40-42,46,48,52,55,71H,4-6,9,12-15,18,21-23,28-29,34-35,39,43-45,47,49-51,53-54,56-70H2,1-3H3/b10-7-,11-8-,19-16-,20-17-,26-24-,27-25-,32-30-,33-31-,37-36-,41-38-,42-40-,48-46-,55-52-. The summed E-state index contributed by atoms with van der Waals surface area (Å²) in [6, 6.07) is 0. The highest BCUT2D eigenvalue weighted by Crippen LogP contribution is 2.15. The summed E-state index contributed by atoms with van der Waals surface area (Å²) >= 11 is 0. The fraction of sp³-hybridized carbons (Fsp3) is 0.608. The van der Waals surface area contributed by atoms with Crippen molar-refractivity contribution < 1.29 is 28.6 Å². The summed E-state index contributed by atoms with van der Waals surface area (Å²) in [6.07, 6.45) is 96.8. The van der Waals surface area contributed by atoms with Crippen molar-refractivity contribution in [2.24, 2.45) is 0 Å². The van der Waals surface area contributed by atoms with Crippen LogP contribution in [0.4, 0.5) is 0 Å². The second kappa shape index (κ2) is 66.5. The predicted octanol–water partition coefficient (Wildman–Crippen LogP) is 22.5. The van der Waals surface area contributed by atoms with Crippen LogP contribution >= 0.6 is 0 Å². The summed E-state index contributed by atoms with van der Waals surface area (Å²) in [5.74, 6) is -0.954. The Hall–Kier alpha value is -4.97. The average molecular weight is 1100 g/mol. The predicted molar refractivity (Wildman–Crippen MR) is 348 cm³/mol. The average Bonchev–Trinajstić information content (AvgIpc) is 3.46. The third kappa shape index (κ3) is 63.9. The monoisotopic (exact) mass is 1100 g/mol. The number of ether oxygens (including phenoxy) is 3. The Bertz CT molecular complexity index is 1790. The van der Waals surface area contributed by atoms with Crippen LogP contribution in [-0.2, 0) is 28.6 Å². The fourth-order valence-corrected chi connectivity index (χ4v) is 8.48. The maximum Gasteiger partial charge on any atom is 0.306 e. The van der Waals surface area contributed by atoms with Crippen molar-refractivity contribution in [1.29, 1.82) is 0 Å². The quantitative estimate of drug-likeness (QED) is 0.0261. The molecule has 0 radical (unpaired) electrons. The van der Waals surface area contributed by atoms with Crippen molar-refractivity contribution in [3.63, 3.8) is 0 Å². The molecule has 0 aromatic carbocycles. The summed E-state index contributed by atoms with van der Waals surface area (Å²) in [4.78, 5) is 38.3. The van der Waals surface area contributed by atoms with Gasteiger partial charge in [0.2, 0.25) is 0 Å². The molecule has 0 aliphatic rings. The van der Waals surface area contributed by atoms with Gasteiger partial charge in [0.25, 0.3) is 0 Å². The van der Waals surface area contributed by atoms with Gasteiger partial charge in [0.15, 0.2) is 6.10 Å². The van der Waals surface area contributed by atoms with Gasteiger partial charge >= 0.3 is 17.9 Å². The molecule has 0 aromatic heterocycles. The lowest BCUT2D eigenvalue weighted by atomic mass is 10.1. The maximum absolute atomic E-state index is 12.9. The first kappa shape index (κ1) is 75.0. The van der Waals surface area contributed by atoms with Gasteiger partial charge in [-0.1, -0.05) is 281 Å². The van der Waals surface area contributed by atoms with Crippen molar-refractivity contribution in [1.82, 2.24) is 0 Å². The van der Waals surface area contributed by atoms with E-state index in [0.29, 0.717) is 25.7 Å². The molecule has 0 rings (SSSR count). The van der Waals surface area contributed by atoms with Crippen molar-refractivity contribution in [3.05, 3.63) is 158 Å². The lowest BCUT2D eigenvalue weighted by Crippen LogP contribution is -2.30. The molecule has 0 aromatic rings. The molecule has 0 saturated carbocycles. The van der Waals surface area contributed by atoms with Gasteiger partial charge in [-0.2, -0.15) is 0 Å². The van der Waals surface area contributed by atoms with Gasteiger partial charge in [0.1, 0.15) is 13.2 Å². The van der Waals surface area contributed by atoms with Gasteiger partial charge in [-0.3, -0.25) is 14.4 Å². The minimum absolute atomic E-state index is 0.0986. The Morgan fingerprint density at radius 1 is 0.263 bits per heavy atom. The van der Waals surface area contributed by atoms with Gasteiger partial charge in [0, 0.05) is 19.3 Å². The molecule has 0 fully saturated rings. The summed E-state index contributed by atoms with van der Waals surface area (Å²) in [7, 11) is 0. The molecule has 0 N–H and O–H groups in total. The van der Waals surface area contributed by atoms with Crippen LogP contribution in [0.2, 0.25) is 0 Å². The van der Waals surface area contributed by atoms with Gasteiger partial charge in [0.05, 0.1) is 0 Å². The first-order valence-corrected chi connectivity index (χ1v) is 32.5. The SMILES string of the molecule is CC/C=C\C/C=C\C/C=C\C/C=C\C/C=C\C/C=C\C/C=C\C/C=C\CCCCC(=O)OCC(COC(=O)CCCCCCCCCCCC)OC(=O)CCCCCCCCCCC/C=C\C/C=C\C/C=C\C/C=C\C/C=C\CC. The first-order chi connectivity index (χ1) is 39.5. The van der Waals surface area contributed by atoms with Crippen LogP contribution in [-0.4, -0.2) is 37.2 Å². The third-order valence-electron chi connectivity index (χ3n) is 13.3. The highest BCUT2D eigenvalue weighted by molar-refractivity contribution is 5.71. The van der Waals surface area contributed by atoms with E-state index >= 15 is 0 Å². The molecule has 0 spiro atoms. The molecule has 6 nitrogen and oxygen atoms in total. The normalized spacial score (nSPS) is 13.2. The summed E-state index contributed by atoms with van der Waals surface area (Å²) in [6.45, 7) is 6.36. The molecule has 1 unspecified atom stereocenters. The first-order valence-electron chi connectivity index (χ1n) is 32.5. The molecule has 0 heterocycles. The molecule has 0 amide bonds. The topological polar surface area (TPSA) is 78.9 Å². The van der Waals surface area contributed by atoms with E-state index in [1.807, 2.05) is 0 Å². The summed E-state index contributed by atoms with van der Waals surface area (Å²) in [5.41, 5.74) is 0. The molecule has 1 atom stereocenters. The number of carbonyl (C=O) groups excluding carboxylic acids is 3. The number of hydrogen-bond acceptors (Lipinski definition) is 6. The molecule has 0 aliphatic heterocycles. The highest BCUT2D eigenvalue weighted by atomic mass is 16.6. The van der Waals surface area contributed by atoms with Crippen LogP contribution < -0.4 is 0 Å². The molecule has 6 heteroatoms. The van der Waals surface area contributed by atoms with E-state index in [2.05, 4.69) is 179 Å². The van der Waals surface area contributed by atoms with E-state index in [4.69, 9.17) is 14.2 Å². The zero-order valence-corrected chi connectivity index (χ0v) is 51.5. The molecule has 0 saturated heterocycles. The Kier molecular flexibility index (Phi) is 62.4. The van der Waals surface area contributed by atoms with Gasteiger partial charge in [-0.25, -0.2) is 0 Å². The summed E-state index contributed by atoms with van der Waals surface area (Å²) < 4.78 is 16.9.